The lowest BCUT2D eigenvalue weighted by Crippen LogP contribution is -2.17. The molecule has 0 aromatic heterocycles. The first-order chi connectivity index (χ1) is 7.56. The maximum atomic E-state index is 10.3. The number of fused-ring (bicyclic) bond motifs is 1. The molecular weight excluding hydrogens is 200 g/mol. The lowest BCUT2D eigenvalue weighted by atomic mass is 9.91. The minimum atomic E-state index is -0.461. The summed E-state index contributed by atoms with van der Waals surface area (Å²) in [6, 6.07) is 4.20. The van der Waals surface area contributed by atoms with Crippen molar-refractivity contribution in [1.82, 2.24) is 0 Å². The predicted molar refractivity (Wildman–Crippen MR) is 64.9 cm³/mol. The largest absolute Gasteiger partial charge is 0.487 e. The standard InChI is InChI=1S/C14H20O2/c1-5-11-13(15)12-10(8(2)3)7-6-9(4)14(12)16-11/h6-8,11,13,15H,5H2,1-4H3. The Hall–Kier alpha value is -1.02. The van der Waals surface area contributed by atoms with E-state index in [1.807, 2.05) is 13.8 Å². The van der Waals surface area contributed by atoms with Gasteiger partial charge in [0, 0.05) is 5.56 Å². The van der Waals surface area contributed by atoms with Crippen molar-refractivity contribution in [2.75, 3.05) is 0 Å². The van der Waals surface area contributed by atoms with Crippen molar-refractivity contribution in [3.63, 3.8) is 0 Å². The number of aliphatic hydroxyl groups excluding tert-OH is 1. The lowest BCUT2D eigenvalue weighted by molar-refractivity contribution is 0.0647. The zero-order chi connectivity index (χ0) is 11.9. The van der Waals surface area contributed by atoms with Crippen LogP contribution in [0.25, 0.3) is 0 Å². The van der Waals surface area contributed by atoms with Gasteiger partial charge in [0.05, 0.1) is 0 Å². The number of rotatable bonds is 2. The number of hydrogen-bond acceptors (Lipinski definition) is 2. The summed E-state index contributed by atoms with van der Waals surface area (Å²) in [6.45, 7) is 8.38. The van der Waals surface area contributed by atoms with Crippen LogP contribution in [0, 0.1) is 6.92 Å². The van der Waals surface area contributed by atoms with E-state index in [1.165, 1.54) is 5.56 Å². The van der Waals surface area contributed by atoms with Crippen molar-refractivity contribution in [1.29, 1.82) is 0 Å². The number of benzene rings is 1. The van der Waals surface area contributed by atoms with E-state index in [0.717, 1.165) is 23.3 Å². The fourth-order valence-corrected chi connectivity index (χ4v) is 2.40. The molecule has 1 aromatic carbocycles. The van der Waals surface area contributed by atoms with Crippen molar-refractivity contribution >= 4 is 0 Å². The van der Waals surface area contributed by atoms with Crippen molar-refractivity contribution in [2.45, 2.75) is 52.2 Å². The highest BCUT2D eigenvalue weighted by atomic mass is 16.5. The van der Waals surface area contributed by atoms with E-state index in [2.05, 4.69) is 26.0 Å². The van der Waals surface area contributed by atoms with E-state index in [0.29, 0.717) is 5.92 Å². The summed E-state index contributed by atoms with van der Waals surface area (Å²) in [4.78, 5) is 0. The van der Waals surface area contributed by atoms with Crippen LogP contribution in [0.4, 0.5) is 0 Å². The molecule has 0 aliphatic carbocycles. The molecule has 0 fully saturated rings. The zero-order valence-electron chi connectivity index (χ0n) is 10.4. The topological polar surface area (TPSA) is 29.5 Å². The summed E-state index contributed by atoms with van der Waals surface area (Å²) in [6.07, 6.45) is 0.304. The number of ether oxygens (including phenoxy) is 1. The first kappa shape index (κ1) is 11.5. The quantitative estimate of drug-likeness (QED) is 0.828. The molecule has 1 aliphatic heterocycles. The molecule has 88 valence electrons. The summed E-state index contributed by atoms with van der Waals surface area (Å²) in [5.74, 6) is 1.33. The van der Waals surface area contributed by atoms with Crippen molar-refractivity contribution in [3.05, 3.63) is 28.8 Å². The normalized spacial score (nSPS) is 23.4. The highest BCUT2D eigenvalue weighted by Gasteiger charge is 2.35. The molecular formula is C14H20O2. The van der Waals surface area contributed by atoms with Gasteiger partial charge >= 0.3 is 0 Å². The average molecular weight is 220 g/mol. The summed E-state index contributed by atoms with van der Waals surface area (Å²) >= 11 is 0. The third-order valence-corrected chi connectivity index (χ3v) is 3.37. The van der Waals surface area contributed by atoms with Crippen LogP contribution in [-0.2, 0) is 0 Å². The SMILES string of the molecule is CCC1Oc2c(C)ccc(C(C)C)c2C1O. The van der Waals surface area contributed by atoms with Crippen LogP contribution in [0.5, 0.6) is 5.75 Å². The van der Waals surface area contributed by atoms with E-state index in [9.17, 15) is 5.11 Å². The van der Waals surface area contributed by atoms with Crippen LogP contribution in [0.3, 0.4) is 0 Å². The first-order valence-electron chi connectivity index (χ1n) is 6.04. The highest BCUT2D eigenvalue weighted by molar-refractivity contribution is 5.51. The summed E-state index contributed by atoms with van der Waals surface area (Å²) in [5, 5.41) is 10.3. The third kappa shape index (κ3) is 1.61. The molecule has 2 nitrogen and oxygen atoms in total. The van der Waals surface area contributed by atoms with Gasteiger partial charge in [-0.3, -0.25) is 0 Å². The van der Waals surface area contributed by atoms with Crippen LogP contribution in [0.15, 0.2) is 12.1 Å². The molecule has 0 amide bonds. The Bertz CT molecular complexity index is 396. The van der Waals surface area contributed by atoms with Gasteiger partial charge < -0.3 is 9.84 Å². The van der Waals surface area contributed by atoms with E-state index in [-0.39, 0.29) is 6.10 Å². The second-order valence-electron chi connectivity index (χ2n) is 4.88. The van der Waals surface area contributed by atoms with Gasteiger partial charge in [-0.15, -0.1) is 0 Å². The van der Waals surface area contributed by atoms with Gasteiger partial charge in [0.2, 0.25) is 0 Å². The Kier molecular flexibility index (Phi) is 2.94. The minimum absolute atomic E-state index is 0.0754. The maximum Gasteiger partial charge on any atom is 0.129 e. The van der Waals surface area contributed by atoms with Gasteiger partial charge in [0.25, 0.3) is 0 Å². The Morgan fingerprint density at radius 3 is 2.62 bits per heavy atom. The predicted octanol–water partition coefficient (Wildman–Crippen LogP) is 3.32. The van der Waals surface area contributed by atoms with Gasteiger partial charge in [0.15, 0.2) is 0 Å². The smallest absolute Gasteiger partial charge is 0.129 e. The fraction of sp³-hybridized carbons (Fsp3) is 0.571. The number of aliphatic hydroxyl groups is 1. The summed E-state index contributed by atoms with van der Waals surface area (Å²) < 4.78 is 5.84. The van der Waals surface area contributed by atoms with Crippen molar-refractivity contribution in [3.8, 4) is 5.75 Å². The third-order valence-electron chi connectivity index (χ3n) is 3.37. The minimum Gasteiger partial charge on any atom is -0.487 e. The van der Waals surface area contributed by atoms with Crippen LogP contribution in [-0.4, -0.2) is 11.2 Å². The van der Waals surface area contributed by atoms with Crippen LogP contribution < -0.4 is 4.74 Å². The Morgan fingerprint density at radius 2 is 2.06 bits per heavy atom. The summed E-state index contributed by atoms with van der Waals surface area (Å²) in [5.41, 5.74) is 3.35. The van der Waals surface area contributed by atoms with E-state index < -0.39 is 6.10 Å². The van der Waals surface area contributed by atoms with Gasteiger partial charge in [-0.1, -0.05) is 32.9 Å². The molecule has 0 saturated carbocycles. The van der Waals surface area contributed by atoms with Gasteiger partial charge in [-0.2, -0.15) is 0 Å². The number of aryl methyl sites for hydroxylation is 1. The molecule has 2 heteroatoms. The Balaban J connectivity index is 2.54. The Labute approximate surface area is 97.3 Å². The number of hydrogen-bond donors (Lipinski definition) is 1. The molecule has 0 saturated heterocycles. The summed E-state index contributed by atoms with van der Waals surface area (Å²) in [7, 11) is 0. The molecule has 1 aromatic rings. The second kappa shape index (κ2) is 4.10. The van der Waals surface area contributed by atoms with Gasteiger partial charge in [-0.25, -0.2) is 0 Å². The maximum absolute atomic E-state index is 10.3. The van der Waals surface area contributed by atoms with Crippen LogP contribution >= 0.6 is 0 Å². The Morgan fingerprint density at radius 1 is 1.38 bits per heavy atom. The molecule has 16 heavy (non-hydrogen) atoms. The van der Waals surface area contributed by atoms with Crippen molar-refractivity contribution in [2.24, 2.45) is 0 Å². The molecule has 0 bridgehead atoms. The second-order valence-corrected chi connectivity index (χ2v) is 4.88. The van der Waals surface area contributed by atoms with E-state index in [1.54, 1.807) is 0 Å². The highest BCUT2D eigenvalue weighted by Crippen LogP contribution is 2.44. The van der Waals surface area contributed by atoms with Gasteiger partial charge in [-0.05, 0) is 30.4 Å². The van der Waals surface area contributed by atoms with Crippen molar-refractivity contribution < 1.29 is 9.84 Å². The molecule has 2 atom stereocenters. The van der Waals surface area contributed by atoms with Gasteiger partial charge in [0.1, 0.15) is 18.0 Å². The molecule has 0 spiro atoms. The molecule has 2 rings (SSSR count). The molecule has 1 aliphatic rings. The molecule has 0 radical (unpaired) electrons. The van der Waals surface area contributed by atoms with Crippen LogP contribution in [0.1, 0.15) is 55.9 Å². The first-order valence-corrected chi connectivity index (χ1v) is 6.04. The van der Waals surface area contributed by atoms with Crippen LogP contribution in [0.2, 0.25) is 0 Å². The molecule has 1 N–H and O–H groups in total. The molecule has 1 heterocycles. The fourth-order valence-electron chi connectivity index (χ4n) is 2.40. The van der Waals surface area contributed by atoms with E-state index >= 15 is 0 Å². The zero-order valence-corrected chi connectivity index (χ0v) is 10.4. The van der Waals surface area contributed by atoms with E-state index in [4.69, 9.17) is 4.74 Å². The molecule has 2 unspecified atom stereocenters. The average Bonchev–Trinajstić information content (AvgIpc) is 2.57. The lowest BCUT2D eigenvalue weighted by Gasteiger charge is -2.14. The monoisotopic (exact) mass is 220 g/mol.